The molecule has 0 saturated heterocycles. The van der Waals surface area contributed by atoms with Crippen LogP contribution in [0.5, 0.6) is 5.75 Å². The van der Waals surface area contributed by atoms with Crippen LogP contribution in [0, 0.1) is 13.8 Å². The zero-order chi connectivity index (χ0) is 12.8. The van der Waals surface area contributed by atoms with Crippen LogP contribution in [0.4, 0.5) is 0 Å². The molecule has 0 saturated carbocycles. The van der Waals surface area contributed by atoms with Crippen LogP contribution in [0.15, 0.2) is 24.8 Å². The van der Waals surface area contributed by atoms with Crippen LogP contribution in [0.3, 0.4) is 0 Å². The number of hydrogen-bond donors (Lipinski definition) is 0. The SMILES string of the molecule is C=CCC(CC)c1c(C)cc(OCC)cc1C. The quantitative estimate of drug-likeness (QED) is 0.642. The molecule has 0 spiro atoms. The van der Waals surface area contributed by atoms with E-state index in [1.54, 1.807) is 0 Å². The maximum Gasteiger partial charge on any atom is 0.119 e. The lowest BCUT2D eigenvalue weighted by Gasteiger charge is -2.20. The molecule has 1 aromatic carbocycles. The molecular weight excluding hydrogens is 208 g/mol. The maximum atomic E-state index is 5.58. The minimum absolute atomic E-state index is 0.586. The van der Waals surface area contributed by atoms with E-state index in [1.807, 2.05) is 13.0 Å². The number of ether oxygens (including phenoxy) is 1. The van der Waals surface area contributed by atoms with Crippen molar-refractivity contribution in [2.45, 2.75) is 46.5 Å². The van der Waals surface area contributed by atoms with E-state index < -0.39 is 0 Å². The number of hydrogen-bond acceptors (Lipinski definition) is 1. The van der Waals surface area contributed by atoms with Crippen molar-refractivity contribution in [2.24, 2.45) is 0 Å². The average molecular weight is 232 g/mol. The highest BCUT2D eigenvalue weighted by Gasteiger charge is 2.14. The lowest BCUT2D eigenvalue weighted by Crippen LogP contribution is -2.03. The summed E-state index contributed by atoms with van der Waals surface area (Å²) in [7, 11) is 0. The third-order valence-corrected chi connectivity index (χ3v) is 3.23. The lowest BCUT2D eigenvalue weighted by molar-refractivity contribution is 0.339. The highest BCUT2D eigenvalue weighted by atomic mass is 16.5. The van der Waals surface area contributed by atoms with Crippen LogP contribution in [0.1, 0.15) is 49.3 Å². The second kappa shape index (κ2) is 6.48. The van der Waals surface area contributed by atoms with Crippen molar-refractivity contribution in [1.29, 1.82) is 0 Å². The van der Waals surface area contributed by atoms with E-state index in [-0.39, 0.29) is 0 Å². The Bertz CT molecular complexity index is 356. The third kappa shape index (κ3) is 3.36. The third-order valence-electron chi connectivity index (χ3n) is 3.23. The summed E-state index contributed by atoms with van der Waals surface area (Å²) in [6, 6.07) is 4.30. The van der Waals surface area contributed by atoms with Gasteiger partial charge in [-0.05, 0) is 68.4 Å². The van der Waals surface area contributed by atoms with Gasteiger partial charge in [0.15, 0.2) is 0 Å². The number of benzene rings is 1. The molecule has 0 aliphatic rings. The Morgan fingerprint density at radius 1 is 1.24 bits per heavy atom. The normalized spacial score (nSPS) is 12.2. The van der Waals surface area contributed by atoms with E-state index in [4.69, 9.17) is 4.74 Å². The minimum Gasteiger partial charge on any atom is -0.494 e. The Balaban J connectivity index is 3.11. The standard InChI is InChI=1S/C16H24O/c1-6-9-14(7-2)16-12(4)10-15(17-8-3)11-13(16)5/h6,10-11,14H,1,7-9H2,2-5H3. The molecule has 0 amide bonds. The molecule has 1 unspecified atom stereocenters. The zero-order valence-corrected chi connectivity index (χ0v) is 11.5. The van der Waals surface area contributed by atoms with Gasteiger partial charge in [0.25, 0.3) is 0 Å². The summed E-state index contributed by atoms with van der Waals surface area (Å²) >= 11 is 0. The predicted octanol–water partition coefficient (Wildman–Crippen LogP) is 4.77. The predicted molar refractivity (Wildman–Crippen MR) is 74.9 cm³/mol. The van der Waals surface area contributed by atoms with Gasteiger partial charge in [0.05, 0.1) is 6.61 Å². The average Bonchev–Trinajstić information content (AvgIpc) is 2.27. The van der Waals surface area contributed by atoms with Gasteiger partial charge in [-0.15, -0.1) is 6.58 Å². The molecule has 0 aromatic heterocycles. The van der Waals surface area contributed by atoms with Gasteiger partial charge in [-0.2, -0.15) is 0 Å². The van der Waals surface area contributed by atoms with Crippen molar-refractivity contribution in [3.63, 3.8) is 0 Å². The van der Waals surface area contributed by atoms with E-state index in [1.165, 1.54) is 16.7 Å². The molecular formula is C16H24O. The highest BCUT2D eigenvalue weighted by Crippen LogP contribution is 2.32. The lowest BCUT2D eigenvalue weighted by atomic mass is 9.86. The first-order valence-corrected chi connectivity index (χ1v) is 6.48. The second-order valence-electron chi connectivity index (χ2n) is 4.53. The van der Waals surface area contributed by atoms with Crippen molar-refractivity contribution in [1.82, 2.24) is 0 Å². The van der Waals surface area contributed by atoms with Gasteiger partial charge in [-0.25, -0.2) is 0 Å². The van der Waals surface area contributed by atoms with Crippen LogP contribution in [0.2, 0.25) is 0 Å². The number of allylic oxidation sites excluding steroid dienone is 1. The monoisotopic (exact) mass is 232 g/mol. The van der Waals surface area contributed by atoms with Crippen molar-refractivity contribution >= 4 is 0 Å². The molecule has 1 nitrogen and oxygen atoms in total. The molecule has 1 heteroatoms. The molecule has 94 valence electrons. The van der Waals surface area contributed by atoms with Crippen molar-refractivity contribution in [3.8, 4) is 5.75 Å². The van der Waals surface area contributed by atoms with E-state index in [9.17, 15) is 0 Å². The fourth-order valence-corrected chi connectivity index (χ4v) is 2.52. The highest BCUT2D eigenvalue weighted by molar-refractivity contribution is 5.43. The van der Waals surface area contributed by atoms with Crippen LogP contribution >= 0.6 is 0 Å². The van der Waals surface area contributed by atoms with Gasteiger partial charge < -0.3 is 4.74 Å². The van der Waals surface area contributed by atoms with Gasteiger partial charge in [-0.3, -0.25) is 0 Å². The fourth-order valence-electron chi connectivity index (χ4n) is 2.52. The Kier molecular flexibility index (Phi) is 5.27. The molecule has 0 heterocycles. The molecule has 0 bridgehead atoms. The van der Waals surface area contributed by atoms with E-state index >= 15 is 0 Å². The van der Waals surface area contributed by atoms with Gasteiger partial charge in [0.1, 0.15) is 5.75 Å². The van der Waals surface area contributed by atoms with E-state index in [2.05, 4.69) is 39.5 Å². The van der Waals surface area contributed by atoms with E-state index in [0.29, 0.717) is 5.92 Å². The topological polar surface area (TPSA) is 9.23 Å². The van der Waals surface area contributed by atoms with Crippen molar-refractivity contribution in [2.75, 3.05) is 6.61 Å². The molecule has 1 atom stereocenters. The summed E-state index contributed by atoms with van der Waals surface area (Å²) in [4.78, 5) is 0. The molecule has 0 N–H and O–H groups in total. The largest absolute Gasteiger partial charge is 0.494 e. The summed E-state index contributed by atoms with van der Waals surface area (Å²) in [5, 5.41) is 0. The molecule has 0 fully saturated rings. The Hall–Kier alpha value is -1.24. The summed E-state index contributed by atoms with van der Waals surface area (Å²) in [5.41, 5.74) is 4.14. The summed E-state index contributed by atoms with van der Waals surface area (Å²) < 4.78 is 5.58. The smallest absolute Gasteiger partial charge is 0.119 e. The van der Waals surface area contributed by atoms with Crippen LogP contribution < -0.4 is 4.74 Å². The zero-order valence-electron chi connectivity index (χ0n) is 11.5. The molecule has 0 radical (unpaired) electrons. The summed E-state index contributed by atoms with van der Waals surface area (Å²) in [6.07, 6.45) is 4.22. The molecule has 17 heavy (non-hydrogen) atoms. The molecule has 1 aromatic rings. The Labute approximate surface area is 106 Å². The second-order valence-corrected chi connectivity index (χ2v) is 4.53. The summed E-state index contributed by atoms with van der Waals surface area (Å²) in [6.45, 7) is 13.2. The van der Waals surface area contributed by atoms with Gasteiger partial charge in [-0.1, -0.05) is 13.0 Å². The summed E-state index contributed by atoms with van der Waals surface area (Å²) in [5.74, 6) is 1.57. The number of aryl methyl sites for hydroxylation is 2. The van der Waals surface area contributed by atoms with Crippen LogP contribution in [-0.4, -0.2) is 6.61 Å². The minimum atomic E-state index is 0.586. The Morgan fingerprint density at radius 2 is 1.82 bits per heavy atom. The van der Waals surface area contributed by atoms with E-state index in [0.717, 1.165) is 25.2 Å². The first kappa shape index (κ1) is 13.8. The first-order valence-electron chi connectivity index (χ1n) is 6.48. The van der Waals surface area contributed by atoms with Crippen LogP contribution in [0.25, 0.3) is 0 Å². The number of rotatable bonds is 6. The van der Waals surface area contributed by atoms with Gasteiger partial charge in [0, 0.05) is 0 Å². The van der Waals surface area contributed by atoms with Crippen LogP contribution in [-0.2, 0) is 0 Å². The fraction of sp³-hybridized carbons (Fsp3) is 0.500. The first-order chi connectivity index (χ1) is 8.13. The van der Waals surface area contributed by atoms with Gasteiger partial charge >= 0.3 is 0 Å². The molecule has 0 aliphatic carbocycles. The Morgan fingerprint density at radius 3 is 2.24 bits per heavy atom. The van der Waals surface area contributed by atoms with Gasteiger partial charge in [0.2, 0.25) is 0 Å². The molecule has 1 rings (SSSR count). The van der Waals surface area contributed by atoms with Crippen molar-refractivity contribution < 1.29 is 4.74 Å². The maximum absolute atomic E-state index is 5.58. The molecule has 0 aliphatic heterocycles. The van der Waals surface area contributed by atoms with Crippen molar-refractivity contribution in [3.05, 3.63) is 41.5 Å².